The van der Waals surface area contributed by atoms with E-state index in [1.165, 1.54) is 15.4 Å². The predicted octanol–water partition coefficient (Wildman–Crippen LogP) is 6.27. The average molecular weight is 454 g/mol. The van der Waals surface area contributed by atoms with Gasteiger partial charge in [0.25, 0.3) is 0 Å². The van der Waals surface area contributed by atoms with E-state index >= 15 is 0 Å². The highest BCUT2D eigenvalue weighted by Gasteiger charge is 2.17. The summed E-state index contributed by atoms with van der Waals surface area (Å²) in [7, 11) is 4.08. The van der Waals surface area contributed by atoms with Crippen molar-refractivity contribution < 1.29 is 14.6 Å². The molecule has 0 bridgehead atoms. The van der Waals surface area contributed by atoms with E-state index in [9.17, 15) is 4.79 Å². The van der Waals surface area contributed by atoms with Crippen LogP contribution in [0.25, 0.3) is 11.8 Å². The molecule has 1 heterocycles. The highest BCUT2D eigenvalue weighted by molar-refractivity contribution is 7.99. The second kappa shape index (κ2) is 11.0. The zero-order valence-electron chi connectivity index (χ0n) is 17.4. The minimum Gasteiger partial charge on any atom is -0.492 e. The molecule has 0 radical (unpaired) electrons. The summed E-state index contributed by atoms with van der Waals surface area (Å²) in [5.74, 6) is 0.00685. The van der Waals surface area contributed by atoms with Crippen LogP contribution in [0.15, 0.2) is 82.6 Å². The third-order valence-electron chi connectivity index (χ3n) is 4.45. The van der Waals surface area contributed by atoms with E-state index in [4.69, 9.17) is 21.4 Å². The van der Waals surface area contributed by atoms with Crippen molar-refractivity contribution in [1.29, 1.82) is 0 Å². The average Bonchev–Trinajstić information content (AvgIpc) is 2.91. The van der Waals surface area contributed by atoms with Crippen LogP contribution >= 0.6 is 23.4 Å². The van der Waals surface area contributed by atoms with Crippen molar-refractivity contribution in [3.05, 3.63) is 94.5 Å². The molecule has 4 nitrogen and oxygen atoms in total. The number of benzene rings is 3. The maximum absolute atomic E-state index is 10.2. The summed E-state index contributed by atoms with van der Waals surface area (Å²) in [6.07, 6.45) is 2.11. The quantitative estimate of drug-likeness (QED) is 0.493. The minimum atomic E-state index is -0.879. The lowest BCUT2D eigenvalue weighted by Crippen LogP contribution is -2.17. The van der Waals surface area contributed by atoms with Gasteiger partial charge in [-0.1, -0.05) is 59.8 Å². The maximum Gasteiger partial charge on any atom is 0.335 e. The molecule has 160 valence electrons. The summed E-state index contributed by atoms with van der Waals surface area (Å²) in [5, 5.41) is 9.11. The van der Waals surface area contributed by atoms with Crippen molar-refractivity contribution in [2.75, 3.05) is 27.2 Å². The molecule has 3 aromatic carbocycles. The number of hydrogen-bond acceptors (Lipinski definition) is 4. The number of fused-ring (bicyclic) bond motifs is 2. The fourth-order valence-corrected chi connectivity index (χ4v) is 4.06. The Kier molecular flexibility index (Phi) is 8.18. The van der Waals surface area contributed by atoms with E-state index in [-0.39, 0.29) is 0 Å². The molecule has 0 saturated carbocycles. The van der Waals surface area contributed by atoms with Crippen LogP contribution in [-0.4, -0.2) is 43.2 Å². The Bertz CT molecular complexity index is 1070. The Labute approximate surface area is 192 Å². The van der Waals surface area contributed by atoms with Gasteiger partial charge in [0, 0.05) is 26.9 Å². The molecule has 1 aliphatic rings. The number of nitrogens with zero attached hydrogens (tertiary/aromatic N) is 1. The van der Waals surface area contributed by atoms with Crippen LogP contribution in [0, 0.1) is 0 Å². The number of halogens is 1. The van der Waals surface area contributed by atoms with E-state index in [1.54, 1.807) is 42.1 Å². The lowest BCUT2D eigenvalue weighted by Gasteiger charge is -2.15. The van der Waals surface area contributed by atoms with Gasteiger partial charge in [-0.3, -0.25) is 0 Å². The number of aromatic carboxylic acids is 1. The van der Waals surface area contributed by atoms with Gasteiger partial charge in [-0.05, 0) is 62.1 Å². The molecule has 0 atom stereocenters. The van der Waals surface area contributed by atoms with E-state index in [0.717, 1.165) is 22.9 Å². The first-order chi connectivity index (χ1) is 14.9. The monoisotopic (exact) mass is 453 g/mol. The van der Waals surface area contributed by atoms with E-state index < -0.39 is 5.97 Å². The largest absolute Gasteiger partial charge is 0.492 e. The fourth-order valence-electron chi connectivity index (χ4n) is 2.85. The number of ether oxygens (including phenoxy) is 1. The van der Waals surface area contributed by atoms with Crippen LogP contribution in [0.4, 0.5) is 0 Å². The lowest BCUT2D eigenvalue weighted by molar-refractivity contribution is 0.0697. The first-order valence-corrected chi connectivity index (χ1v) is 11.0. The van der Waals surface area contributed by atoms with E-state index in [1.807, 2.05) is 26.2 Å². The van der Waals surface area contributed by atoms with Crippen molar-refractivity contribution >= 4 is 41.2 Å². The third-order valence-corrected chi connectivity index (χ3v) is 5.85. The fraction of sp³-hybridized carbons (Fsp3) is 0.160. The second-order valence-electron chi connectivity index (χ2n) is 7.11. The normalized spacial score (nSPS) is 11.9. The molecule has 0 saturated heterocycles. The van der Waals surface area contributed by atoms with Gasteiger partial charge in [0.15, 0.2) is 0 Å². The Morgan fingerprint density at radius 2 is 1.71 bits per heavy atom. The van der Waals surface area contributed by atoms with Gasteiger partial charge in [0.05, 0.1) is 5.56 Å². The molecular formula is C25H24ClNO3S. The first kappa shape index (κ1) is 22.9. The van der Waals surface area contributed by atoms with Crippen molar-refractivity contribution in [2.24, 2.45) is 0 Å². The summed E-state index contributed by atoms with van der Waals surface area (Å²) in [6, 6.07) is 22.6. The van der Waals surface area contributed by atoms with Crippen molar-refractivity contribution in [1.82, 2.24) is 4.90 Å². The molecular weight excluding hydrogens is 430 g/mol. The number of carboxylic acid groups (broad SMARTS) is 1. The Morgan fingerprint density at radius 1 is 1.00 bits per heavy atom. The summed E-state index contributed by atoms with van der Waals surface area (Å²) < 4.78 is 6.06. The molecule has 6 heteroatoms. The Balaban J connectivity index is 0.000000254. The zero-order valence-corrected chi connectivity index (χ0v) is 19.0. The topological polar surface area (TPSA) is 49.8 Å². The lowest BCUT2D eigenvalue weighted by atomic mass is 10.1. The molecule has 0 aliphatic carbocycles. The molecule has 4 rings (SSSR count). The Hall–Kier alpha value is -2.73. The SMILES string of the molecule is CN(C)CCOC1=Cc2ccccc2Sc2ccc(Cl)cc21.O=C(O)c1ccccc1. The smallest absolute Gasteiger partial charge is 0.335 e. The second-order valence-corrected chi connectivity index (χ2v) is 8.63. The van der Waals surface area contributed by atoms with E-state index in [2.05, 4.69) is 41.3 Å². The summed E-state index contributed by atoms with van der Waals surface area (Å²) in [4.78, 5) is 14.7. The molecule has 0 amide bonds. The standard InChI is InChI=1S/C18H18ClNOS.C7H6O2/c1-20(2)9-10-21-16-11-13-5-3-4-6-17(13)22-18-8-7-14(19)12-15(16)18;8-7(9)6-4-2-1-3-5-6/h3-8,11-12H,9-10H2,1-2H3;1-5H,(H,8,9). The number of carboxylic acids is 1. The van der Waals surface area contributed by atoms with Gasteiger partial charge in [0.1, 0.15) is 12.4 Å². The van der Waals surface area contributed by atoms with Gasteiger partial charge in [0.2, 0.25) is 0 Å². The van der Waals surface area contributed by atoms with Crippen molar-refractivity contribution in [3.63, 3.8) is 0 Å². The zero-order chi connectivity index (χ0) is 22.2. The summed E-state index contributed by atoms with van der Waals surface area (Å²) in [6.45, 7) is 1.53. The first-order valence-electron chi connectivity index (χ1n) is 9.78. The van der Waals surface area contributed by atoms with Crippen LogP contribution in [0.1, 0.15) is 21.5 Å². The van der Waals surface area contributed by atoms with Crippen LogP contribution < -0.4 is 0 Å². The maximum atomic E-state index is 10.2. The van der Waals surface area contributed by atoms with Crippen LogP contribution in [-0.2, 0) is 4.74 Å². The Morgan fingerprint density at radius 3 is 2.39 bits per heavy atom. The highest BCUT2D eigenvalue weighted by Crippen LogP contribution is 2.41. The molecule has 3 aromatic rings. The van der Waals surface area contributed by atoms with Gasteiger partial charge in [-0.15, -0.1) is 0 Å². The van der Waals surface area contributed by atoms with Crippen LogP contribution in [0.5, 0.6) is 0 Å². The summed E-state index contributed by atoms with van der Waals surface area (Å²) >= 11 is 7.95. The number of hydrogen-bond donors (Lipinski definition) is 1. The molecule has 31 heavy (non-hydrogen) atoms. The molecule has 0 fully saturated rings. The van der Waals surface area contributed by atoms with Gasteiger partial charge >= 0.3 is 5.97 Å². The molecule has 0 unspecified atom stereocenters. The van der Waals surface area contributed by atoms with Crippen LogP contribution in [0.2, 0.25) is 5.02 Å². The predicted molar refractivity (Wildman–Crippen MR) is 128 cm³/mol. The number of carbonyl (C=O) groups is 1. The van der Waals surface area contributed by atoms with Crippen molar-refractivity contribution in [3.8, 4) is 0 Å². The molecule has 1 aliphatic heterocycles. The molecule has 0 spiro atoms. The number of rotatable bonds is 5. The number of likely N-dealkylation sites (N-methyl/N-ethyl adjacent to an activating group) is 1. The highest BCUT2D eigenvalue weighted by atomic mass is 35.5. The molecule has 0 aromatic heterocycles. The van der Waals surface area contributed by atoms with Crippen LogP contribution in [0.3, 0.4) is 0 Å². The minimum absolute atomic E-state index is 0.331. The van der Waals surface area contributed by atoms with Gasteiger partial charge < -0.3 is 14.7 Å². The van der Waals surface area contributed by atoms with E-state index in [0.29, 0.717) is 12.2 Å². The summed E-state index contributed by atoms with van der Waals surface area (Å²) in [5.41, 5.74) is 2.57. The molecule has 1 N–H and O–H groups in total. The van der Waals surface area contributed by atoms with Gasteiger partial charge in [-0.25, -0.2) is 4.79 Å². The van der Waals surface area contributed by atoms with Crippen molar-refractivity contribution in [2.45, 2.75) is 9.79 Å². The van der Waals surface area contributed by atoms with Gasteiger partial charge in [-0.2, -0.15) is 0 Å². The third kappa shape index (κ3) is 6.62.